The summed E-state index contributed by atoms with van der Waals surface area (Å²) in [6, 6.07) is 0. The molecule has 0 fully saturated rings. The molecule has 0 amide bonds. The number of hydrogen-bond donors (Lipinski definition) is 0. The van der Waals surface area contributed by atoms with Crippen LogP contribution in [-0.2, 0) is 19.4 Å². The molecule has 0 aromatic rings. The van der Waals surface area contributed by atoms with Crippen LogP contribution in [-0.4, -0.2) is 25.7 Å². The van der Waals surface area contributed by atoms with Gasteiger partial charge in [-0.15, -0.1) is 0 Å². The van der Waals surface area contributed by atoms with Crippen molar-refractivity contribution in [3.63, 3.8) is 0 Å². The number of ether oxygens (including phenoxy) is 1. The number of carbonyl (C=O) groups excluding carboxylic acids is 1. The first-order chi connectivity index (χ1) is 8.21. The van der Waals surface area contributed by atoms with Crippen LogP contribution < -0.4 is 0 Å². The van der Waals surface area contributed by atoms with Gasteiger partial charge in [0.15, 0.2) is 15.6 Å². The molecule has 1 aliphatic rings. The van der Waals surface area contributed by atoms with Gasteiger partial charge in [0.25, 0.3) is 0 Å². The summed E-state index contributed by atoms with van der Waals surface area (Å²) in [7, 11) is -3.49. The first-order valence-electron chi connectivity index (χ1n) is 6.34. The number of hydrogen-bond acceptors (Lipinski definition) is 4. The maximum absolute atomic E-state index is 12.1. The van der Waals surface area contributed by atoms with E-state index in [1.807, 2.05) is 0 Å². The quantitative estimate of drug-likeness (QED) is 0.742. The largest absolute Gasteiger partial charge is 0.459 e. The molecule has 0 aromatic heterocycles. The summed E-state index contributed by atoms with van der Waals surface area (Å²) in [5, 5.41) is 0. The molecule has 0 bridgehead atoms. The second-order valence-corrected chi connectivity index (χ2v) is 7.66. The predicted octanol–water partition coefficient (Wildman–Crippen LogP) is 2.59. The molecule has 0 atom stereocenters. The monoisotopic (exact) mass is 274 g/mol. The minimum Gasteiger partial charge on any atom is -0.459 e. The Bertz CT molecular complexity index is 426. The molecule has 0 N–H and O–H groups in total. The summed E-state index contributed by atoms with van der Waals surface area (Å²) >= 11 is 0. The zero-order chi connectivity index (χ0) is 13.8. The van der Waals surface area contributed by atoms with Crippen LogP contribution in [0.5, 0.6) is 0 Å². The zero-order valence-corrected chi connectivity index (χ0v) is 12.2. The van der Waals surface area contributed by atoms with Crippen molar-refractivity contribution in [2.75, 3.05) is 5.75 Å². The highest BCUT2D eigenvalue weighted by Gasteiger charge is 2.26. The van der Waals surface area contributed by atoms with Crippen LogP contribution in [0.4, 0.5) is 0 Å². The van der Waals surface area contributed by atoms with Gasteiger partial charge in [-0.1, -0.05) is 12.5 Å². The standard InChI is InChI=1S/C13H22O4S/c1-13(2,3)17-12(14)10-18(15,16)11-8-6-4-5-7-9-11/h8H,4-7,9-10H2,1-3H3. The van der Waals surface area contributed by atoms with Crippen LogP contribution >= 0.6 is 0 Å². The van der Waals surface area contributed by atoms with Gasteiger partial charge in [0.1, 0.15) is 5.60 Å². The van der Waals surface area contributed by atoms with Crippen LogP contribution in [0, 0.1) is 0 Å². The van der Waals surface area contributed by atoms with E-state index >= 15 is 0 Å². The van der Waals surface area contributed by atoms with Crippen LogP contribution in [0.15, 0.2) is 11.0 Å². The predicted molar refractivity (Wildman–Crippen MR) is 70.8 cm³/mol. The van der Waals surface area contributed by atoms with Gasteiger partial charge >= 0.3 is 5.97 Å². The Morgan fingerprint density at radius 3 is 2.56 bits per heavy atom. The van der Waals surface area contributed by atoms with E-state index in [0.29, 0.717) is 11.3 Å². The smallest absolute Gasteiger partial charge is 0.322 e. The normalized spacial score (nSPS) is 17.8. The lowest BCUT2D eigenvalue weighted by Gasteiger charge is -2.19. The Labute approximate surface area is 109 Å². The third-order valence-corrected chi connectivity index (χ3v) is 4.41. The molecule has 0 aliphatic heterocycles. The molecule has 18 heavy (non-hydrogen) atoms. The zero-order valence-electron chi connectivity index (χ0n) is 11.4. The van der Waals surface area contributed by atoms with E-state index < -0.39 is 27.2 Å². The Hall–Kier alpha value is -0.840. The molecule has 1 aliphatic carbocycles. The lowest BCUT2D eigenvalue weighted by atomic mass is 10.2. The Morgan fingerprint density at radius 1 is 1.28 bits per heavy atom. The first kappa shape index (κ1) is 15.2. The molecule has 5 heteroatoms. The highest BCUT2D eigenvalue weighted by atomic mass is 32.2. The molecule has 4 nitrogen and oxygen atoms in total. The molecular weight excluding hydrogens is 252 g/mol. The molecule has 104 valence electrons. The van der Waals surface area contributed by atoms with E-state index in [-0.39, 0.29) is 0 Å². The number of sulfone groups is 1. The topological polar surface area (TPSA) is 60.4 Å². The lowest BCUT2D eigenvalue weighted by molar-refractivity contribution is -0.151. The van der Waals surface area contributed by atoms with E-state index in [1.54, 1.807) is 26.8 Å². The minimum absolute atomic E-state index is 0.408. The van der Waals surface area contributed by atoms with E-state index in [0.717, 1.165) is 25.7 Å². The SMILES string of the molecule is CC(C)(C)OC(=O)CS(=O)(=O)C1=CCCCCC1. The average molecular weight is 274 g/mol. The Balaban J connectivity index is 2.69. The fourth-order valence-electron chi connectivity index (χ4n) is 1.89. The molecule has 0 saturated carbocycles. The van der Waals surface area contributed by atoms with Gasteiger partial charge in [0.05, 0.1) is 0 Å². The second kappa shape index (κ2) is 5.87. The molecule has 0 radical (unpaired) electrons. The van der Waals surface area contributed by atoms with Gasteiger partial charge in [-0.3, -0.25) is 4.79 Å². The third-order valence-electron chi connectivity index (χ3n) is 2.63. The highest BCUT2D eigenvalue weighted by Crippen LogP contribution is 2.22. The van der Waals surface area contributed by atoms with Crippen LogP contribution in [0.3, 0.4) is 0 Å². The van der Waals surface area contributed by atoms with Crippen molar-refractivity contribution < 1.29 is 17.9 Å². The maximum atomic E-state index is 12.1. The third kappa shape index (κ3) is 5.21. The second-order valence-electron chi connectivity index (χ2n) is 5.62. The number of rotatable bonds is 3. The number of esters is 1. The molecular formula is C13H22O4S. The molecule has 1 rings (SSSR count). The van der Waals surface area contributed by atoms with Gasteiger partial charge in [0, 0.05) is 4.91 Å². The van der Waals surface area contributed by atoms with Crippen LogP contribution in [0.25, 0.3) is 0 Å². The molecule has 0 heterocycles. The van der Waals surface area contributed by atoms with Crippen molar-refractivity contribution >= 4 is 15.8 Å². The summed E-state index contributed by atoms with van der Waals surface area (Å²) in [5.74, 6) is -1.22. The van der Waals surface area contributed by atoms with Gasteiger partial charge in [-0.25, -0.2) is 8.42 Å². The van der Waals surface area contributed by atoms with Crippen molar-refractivity contribution in [2.24, 2.45) is 0 Å². The number of allylic oxidation sites excluding steroid dienone is 2. The van der Waals surface area contributed by atoms with E-state index in [9.17, 15) is 13.2 Å². The Kier molecular flexibility index (Phi) is 4.96. The van der Waals surface area contributed by atoms with Crippen molar-refractivity contribution in [1.82, 2.24) is 0 Å². The molecule has 0 aromatic carbocycles. The maximum Gasteiger partial charge on any atom is 0.322 e. The Morgan fingerprint density at radius 2 is 1.94 bits per heavy atom. The van der Waals surface area contributed by atoms with Crippen molar-refractivity contribution in [1.29, 1.82) is 0 Å². The minimum atomic E-state index is -3.49. The van der Waals surface area contributed by atoms with Crippen molar-refractivity contribution in [3.05, 3.63) is 11.0 Å². The van der Waals surface area contributed by atoms with Gasteiger partial charge < -0.3 is 4.74 Å². The van der Waals surface area contributed by atoms with Gasteiger partial charge in [0.2, 0.25) is 0 Å². The summed E-state index contributed by atoms with van der Waals surface area (Å²) in [4.78, 5) is 12.0. The summed E-state index contributed by atoms with van der Waals surface area (Å²) in [5.41, 5.74) is -0.648. The fraction of sp³-hybridized carbons (Fsp3) is 0.769. The fourth-order valence-corrected chi connectivity index (χ4v) is 3.27. The highest BCUT2D eigenvalue weighted by molar-refractivity contribution is 7.95. The van der Waals surface area contributed by atoms with Crippen LogP contribution in [0.2, 0.25) is 0 Å². The first-order valence-corrected chi connectivity index (χ1v) is 7.99. The van der Waals surface area contributed by atoms with Crippen molar-refractivity contribution in [3.8, 4) is 0 Å². The van der Waals surface area contributed by atoms with Gasteiger partial charge in [-0.2, -0.15) is 0 Å². The lowest BCUT2D eigenvalue weighted by Crippen LogP contribution is -2.29. The average Bonchev–Trinajstić information content (AvgIpc) is 2.40. The molecule has 0 unspecified atom stereocenters. The summed E-state index contributed by atoms with van der Waals surface area (Å²) in [6.07, 6.45) is 6.02. The van der Waals surface area contributed by atoms with E-state index in [4.69, 9.17) is 4.74 Å². The van der Waals surface area contributed by atoms with Crippen LogP contribution in [0.1, 0.15) is 52.9 Å². The molecule has 0 spiro atoms. The van der Waals surface area contributed by atoms with Gasteiger partial charge in [-0.05, 0) is 46.5 Å². The van der Waals surface area contributed by atoms with Crippen molar-refractivity contribution in [2.45, 2.75) is 58.5 Å². The van der Waals surface area contributed by atoms with E-state index in [2.05, 4.69) is 0 Å². The number of carbonyl (C=O) groups is 1. The summed E-state index contributed by atoms with van der Waals surface area (Å²) < 4.78 is 29.2. The molecule has 0 saturated heterocycles. The summed E-state index contributed by atoms with van der Waals surface area (Å²) in [6.45, 7) is 5.17. The van der Waals surface area contributed by atoms with E-state index in [1.165, 1.54) is 0 Å².